The number of carboxylic acids is 2. The first-order valence-electron chi connectivity index (χ1n) is 16.8. The number of fused-ring (bicyclic) bond motifs is 1. The first-order chi connectivity index (χ1) is 24.6. The summed E-state index contributed by atoms with van der Waals surface area (Å²) in [6.07, 6.45) is 3.48. The van der Waals surface area contributed by atoms with Gasteiger partial charge in [0.2, 0.25) is 5.91 Å². The molecule has 0 aliphatic carbocycles. The molecule has 0 fully saturated rings. The molecule has 8 heteroatoms. The molecule has 0 saturated carbocycles. The molecule has 260 valence electrons. The van der Waals surface area contributed by atoms with Crippen LogP contribution in [0.1, 0.15) is 63.9 Å². The highest BCUT2D eigenvalue weighted by molar-refractivity contribution is 5.89. The lowest BCUT2D eigenvalue weighted by molar-refractivity contribution is -0.151. The standard InChI is InChI=1S/C43H41NO7/c1-29(44(40(45)26-38(42(48)49)27-41(46)47)28-33-17-18-34-13-6-7-14-37(34)24-33)39(35-19-21-36(22-20-35)43(50)51-2)25-32-12-8-11-31(23-32)16-15-30-9-4-3-5-10-30/h3-24,29,38-39H,25-28H2,1-2H3,(H,46,47)(H,48,49)/t29?,38-,39?/m1/s1. The van der Waals surface area contributed by atoms with Crippen molar-refractivity contribution < 1.29 is 34.1 Å². The molecule has 0 saturated heterocycles. The average molecular weight is 684 g/mol. The molecule has 5 aromatic carbocycles. The largest absolute Gasteiger partial charge is 0.481 e. The van der Waals surface area contributed by atoms with E-state index in [1.165, 1.54) is 7.11 Å². The first-order valence-corrected chi connectivity index (χ1v) is 16.8. The second kappa shape index (κ2) is 17.1. The second-order valence-corrected chi connectivity index (χ2v) is 12.7. The monoisotopic (exact) mass is 683 g/mol. The van der Waals surface area contributed by atoms with Gasteiger partial charge < -0.3 is 19.8 Å². The average Bonchev–Trinajstić information content (AvgIpc) is 3.14. The summed E-state index contributed by atoms with van der Waals surface area (Å²) in [5.41, 5.74) is 5.22. The van der Waals surface area contributed by atoms with Crippen molar-refractivity contribution >= 4 is 46.7 Å². The summed E-state index contributed by atoms with van der Waals surface area (Å²) in [6, 6.07) is 38.6. The van der Waals surface area contributed by atoms with Gasteiger partial charge in [-0.1, -0.05) is 115 Å². The molecule has 2 unspecified atom stereocenters. The van der Waals surface area contributed by atoms with E-state index in [0.29, 0.717) is 12.0 Å². The molecule has 0 radical (unpaired) electrons. The van der Waals surface area contributed by atoms with Crippen molar-refractivity contribution in [3.8, 4) is 0 Å². The fourth-order valence-corrected chi connectivity index (χ4v) is 6.38. The number of carbonyl (C=O) groups excluding carboxylic acids is 2. The smallest absolute Gasteiger partial charge is 0.337 e. The van der Waals surface area contributed by atoms with Crippen LogP contribution in [-0.4, -0.2) is 52.1 Å². The highest BCUT2D eigenvalue weighted by Gasteiger charge is 2.33. The quantitative estimate of drug-likeness (QED) is 0.0845. The Balaban J connectivity index is 1.53. The minimum Gasteiger partial charge on any atom is -0.481 e. The van der Waals surface area contributed by atoms with Crippen molar-refractivity contribution in [3.05, 3.63) is 155 Å². The number of carbonyl (C=O) groups is 4. The fourth-order valence-electron chi connectivity index (χ4n) is 6.38. The molecular weight excluding hydrogens is 642 g/mol. The topological polar surface area (TPSA) is 121 Å². The Labute approximate surface area is 297 Å². The predicted octanol–water partition coefficient (Wildman–Crippen LogP) is 8.11. The van der Waals surface area contributed by atoms with Gasteiger partial charge in [0.05, 0.1) is 25.0 Å². The molecule has 0 spiro atoms. The van der Waals surface area contributed by atoms with Crippen molar-refractivity contribution in [1.82, 2.24) is 4.90 Å². The fraction of sp³-hybridized carbons (Fsp3) is 0.209. The van der Waals surface area contributed by atoms with Gasteiger partial charge in [-0.05, 0) is 70.1 Å². The van der Waals surface area contributed by atoms with Crippen molar-refractivity contribution in [1.29, 1.82) is 0 Å². The van der Waals surface area contributed by atoms with E-state index in [2.05, 4.69) is 6.07 Å². The maximum atomic E-state index is 14.2. The zero-order valence-corrected chi connectivity index (χ0v) is 28.6. The van der Waals surface area contributed by atoms with Gasteiger partial charge in [0.25, 0.3) is 0 Å². The summed E-state index contributed by atoms with van der Waals surface area (Å²) in [7, 11) is 1.32. The molecule has 51 heavy (non-hydrogen) atoms. The number of hydrogen-bond acceptors (Lipinski definition) is 5. The van der Waals surface area contributed by atoms with E-state index in [9.17, 15) is 29.4 Å². The first kappa shape index (κ1) is 36.3. The molecule has 0 aliphatic rings. The van der Waals surface area contributed by atoms with Crippen molar-refractivity contribution in [2.24, 2.45) is 5.92 Å². The molecule has 0 aliphatic heterocycles. The van der Waals surface area contributed by atoms with E-state index < -0.39 is 48.6 Å². The van der Waals surface area contributed by atoms with Crippen LogP contribution in [-0.2, 0) is 32.1 Å². The molecule has 2 N–H and O–H groups in total. The number of carboxylic acid groups (broad SMARTS) is 2. The third kappa shape index (κ3) is 9.79. The Morgan fingerprint density at radius 1 is 0.706 bits per heavy atom. The summed E-state index contributed by atoms with van der Waals surface area (Å²) < 4.78 is 4.91. The number of ether oxygens (including phenoxy) is 1. The minimum atomic E-state index is -1.38. The number of nitrogens with zero attached hydrogens (tertiary/aromatic N) is 1. The Morgan fingerprint density at radius 2 is 1.37 bits per heavy atom. The third-order valence-electron chi connectivity index (χ3n) is 9.19. The summed E-state index contributed by atoms with van der Waals surface area (Å²) in [5, 5.41) is 21.3. The highest BCUT2D eigenvalue weighted by Crippen LogP contribution is 2.31. The lowest BCUT2D eigenvalue weighted by Gasteiger charge is -2.36. The Hall–Kier alpha value is -6.02. The summed E-state index contributed by atoms with van der Waals surface area (Å²) in [5.74, 6) is -5.21. The van der Waals surface area contributed by atoms with Gasteiger partial charge in [0.1, 0.15) is 0 Å². The molecule has 3 atom stereocenters. The normalized spacial score (nSPS) is 13.0. The molecule has 0 aromatic heterocycles. The van der Waals surface area contributed by atoms with Gasteiger partial charge in [-0.2, -0.15) is 0 Å². The maximum absolute atomic E-state index is 14.2. The SMILES string of the molecule is COC(=O)c1ccc(C(Cc2cccc(C=Cc3ccccc3)c2)C(C)N(Cc2ccc3ccccc3c2)C(=O)C[C@H](CC(=O)O)C(=O)O)cc1. The van der Waals surface area contributed by atoms with Crippen molar-refractivity contribution in [2.75, 3.05) is 7.11 Å². The van der Waals surface area contributed by atoms with E-state index in [1.807, 2.05) is 122 Å². The Bertz CT molecular complexity index is 2020. The van der Waals surface area contributed by atoms with Gasteiger partial charge in [-0.25, -0.2) is 4.79 Å². The molecule has 0 bridgehead atoms. The van der Waals surface area contributed by atoms with E-state index in [0.717, 1.165) is 38.6 Å². The number of amides is 1. The zero-order valence-electron chi connectivity index (χ0n) is 28.6. The van der Waals surface area contributed by atoms with Crippen LogP contribution in [0.5, 0.6) is 0 Å². The zero-order chi connectivity index (χ0) is 36.3. The summed E-state index contributed by atoms with van der Waals surface area (Å²) >= 11 is 0. The molecule has 0 heterocycles. The number of rotatable bonds is 15. The van der Waals surface area contributed by atoms with E-state index >= 15 is 0 Å². The Morgan fingerprint density at radius 3 is 2.06 bits per heavy atom. The number of benzene rings is 5. The van der Waals surface area contributed by atoms with Crippen molar-refractivity contribution in [3.63, 3.8) is 0 Å². The van der Waals surface area contributed by atoms with E-state index in [4.69, 9.17) is 4.74 Å². The van der Waals surface area contributed by atoms with Crippen LogP contribution in [0.4, 0.5) is 0 Å². The third-order valence-corrected chi connectivity index (χ3v) is 9.19. The highest BCUT2D eigenvalue weighted by atomic mass is 16.5. The molecule has 8 nitrogen and oxygen atoms in total. The van der Waals surface area contributed by atoms with Crippen molar-refractivity contribution in [2.45, 2.75) is 44.7 Å². The van der Waals surface area contributed by atoms with Gasteiger partial charge >= 0.3 is 17.9 Å². The molecular formula is C43H41NO7. The van der Waals surface area contributed by atoms with Gasteiger partial charge in [-0.15, -0.1) is 0 Å². The van der Waals surface area contributed by atoms with Crippen LogP contribution < -0.4 is 0 Å². The van der Waals surface area contributed by atoms with Crippen LogP contribution >= 0.6 is 0 Å². The number of methoxy groups -OCH3 is 1. The second-order valence-electron chi connectivity index (χ2n) is 12.7. The van der Waals surface area contributed by atoms with E-state index in [1.54, 1.807) is 17.0 Å². The number of esters is 1. The predicted molar refractivity (Wildman–Crippen MR) is 198 cm³/mol. The maximum Gasteiger partial charge on any atom is 0.337 e. The lowest BCUT2D eigenvalue weighted by atomic mass is 9.84. The van der Waals surface area contributed by atoms with Crippen LogP contribution in [0.15, 0.2) is 121 Å². The van der Waals surface area contributed by atoms with E-state index in [-0.39, 0.29) is 12.5 Å². The van der Waals surface area contributed by atoms with Crippen LogP contribution in [0.3, 0.4) is 0 Å². The van der Waals surface area contributed by atoms with Gasteiger partial charge in [-0.3, -0.25) is 14.4 Å². The molecule has 5 aromatic rings. The molecule has 1 amide bonds. The lowest BCUT2D eigenvalue weighted by Crippen LogP contribution is -2.43. The number of aliphatic carboxylic acids is 2. The van der Waals surface area contributed by atoms with Gasteiger partial charge in [0, 0.05) is 24.9 Å². The van der Waals surface area contributed by atoms with Crippen LogP contribution in [0.2, 0.25) is 0 Å². The van der Waals surface area contributed by atoms with Gasteiger partial charge in [0.15, 0.2) is 0 Å². The Kier molecular flexibility index (Phi) is 12.1. The summed E-state index contributed by atoms with van der Waals surface area (Å²) in [4.78, 5) is 51.7. The van der Waals surface area contributed by atoms with Crippen LogP contribution in [0, 0.1) is 5.92 Å². The van der Waals surface area contributed by atoms with Crippen LogP contribution in [0.25, 0.3) is 22.9 Å². The summed E-state index contributed by atoms with van der Waals surface area (Å²) in [6.45, 7) is 2.12. The molecule has 5 rings (SSSR count). The number of hydrogen-bond donors (Lipinski definition) is 2. The minimum absolute atomic E-state index is 0.181.